The Balaban J connectivity index is 2.48. The van der Waals surface area contributed by atoms with Gasteiger partial charge in [-0.3, -0.25) is 0 Å². The summed E-state index contributed by atoms with van der Waals surface area (Å²) in [7, 11) is 0. The molecule has 1 rings (SSSR count). The number of anilines is 1. The Bertz CT molecular complexity index is 331. The molecule has 0 fully saturated rings. The first kappa shape index (κ1) is 12.5. The highest BCUT2D eigenvalue weighted by Crippen LogP contribution is 2.22. The predicted molar refractivity (Wildman–Crippen MR) is 66.7 cm³/mol. The molecule has 0 spiro atoms. The Morgan fingerprint density at radius 1 is 1.33 bits per heavy atom. The van der Waals surface area contributed by atoms with Crippen LogP contribution in [0, 0.1) is 11.2 Å². The van der Waals surface area contributed by atoms with Crippen molar-refractivity contribution in [2.24, 2.45) is 5.41 Å². The fourth-order valence-corrected chi connectivity index (χ4v) is 1.57. The van der Waals surface area contributed by atoms with Gasteiger partial charge in [-0.2, -0.15) is 0 Å². The van der Waals surface area contributed by atoms with E-state index in [1.54, 1.807) is 12.1 Å². The van der Waals surface area contributed by atoms with Crippen molar-refractivity contribution in [2.75, 3.05) is 11.9 Å². The molecule has 0 aliphatic carbocycles. The van der Waals surface area contributed by atoms with E-state index in [4.69, 9.17) is 0 Å². The van der Waals surface area contributed by atoms with Crippen LogP contribution in [0.25, 0.3) is 0 Å². The molecule has 0 aliphatic heterocycles. The topological polar surface area (TPSA) is 12.0 Å². The molecule has 1 nitrogen and oxygen atoms in total. The van der Waals surface area contributed by atoms with Gasteiger partial charge in [-0.15, -0.1) is 0 Å². The third-order valence-electron chi connectivity index (χ3n) is 2.12. The Morgan fingerprint density at radius 3 is 2.53 bits per heavy atom. The molecule has 0 radical (unpaired) electrons. The highest BCUT2D eigenvalue weighted by Gasteiger charge is 2.09. The maximum Gasteiger partial charge on any atom is 0.137 e. The van der Waals surface area contributed by atoms with Gasteiger partial charge in [0.25, 0.3) is 0 Å². The third kappa shape index (κ3) is 4.65. The summed E-state index contributed by atoms with van der Waals surface area (Å²) in [5.41, 5.74) is 1.28. The summed E-state index contributed by atoms with van der Waals surface area (Å²) in [4.78, 5) is 0. The lowest BCUT2D eigenvalue weighted by Gasteiger charge is -2.18. The largest absolute Gasteiger partial charge is 0.385 e. The molecule has 0 saturated heterocycles. The van der Waals surface area contributed by atoms with E-state index in [1.807, 2.05) is 0 Å². The molecule has 0 heterocycles. The van der Waals surface area contributed by atoms with Gasteiger partial charge in [-0.05, 0) is 46.0 Å². The number of halogens is 2. The van der Waals surface area contributed by atoms with Gasteiger partial charge in [0.1, 0.15) is 5.82 Å². The average Bonchev–Trinajstić information content (AvgIpc) is 2.09. The number of benzene rings is 1. The summed E-state index contributed by atoms with van der Waals surface area (Å²) >= 11 is 3.16. The molecular weight excluding hydrogens is 257 g/mol. The number of hydrogen-bond donors (Lipinski definition) is 1. The van der Waals surface area contributed by atoms with Crippen LogP contribution in [0.1, 0.15) is 27.2 Å². The van der Waals surface area contributed by atoms with Gasteiger partial charge in [0.15, 0.2) is 0 Å². The Labute approximate surface area is 99.2 Å². The minimum absolute atomic E-state index is 0.226. The molecule has 1 aromatic carbocycles. The van der Waals surface area contributed by atoms with E-state index >= 15 is 0 Å². The molecule has 0 aliphatic rings. The molecular formula is C12H17BrFN. The number of rotatable bonds is 3. The maximum absolute atomic E-state index is 12.9. The normalized spacial score (nSPS) is 11.5. The van der Waals surface area contributed by atoms with Crippen LogP contribution in [0.2, 0.25) is 0 Å². The van der Waals surface area contributed by atoms with Crippen LogP contribution in [0.4, 0.5) is 10.1 Å². The summed E-state index contributed by atoms with van der Waals surface area (Å²) in [5.74, 6) is -0.226. The monoisotopic (exact) mass is 273 g/mol. The van der Waals surface area contributed by atoms with Crippen LogP contribution in [0.3, 0.4) is 0 Å². The van der Waals surface area contributed by atoms with Gasteiger partial charge in [-0.25, -0.2) is 4.39 Å². The van der Waals surface area contributed by atoms with Crippen molar-refractivity contribution in [3.63, 3.8) is 0 Å². The van der Waals surface area contributed by atoms with Gasteiger partial charge in [-0.1, -0.05) is 20.8 Å². The summed E-state index contributed by atoms with van der Waals surface area (Å²) in [6.07, 6.45) is 1.09. The second-order valence-corrected chi connectivity index (χ2v) is 5.72. The lowest BCUT2D eigenvalue weighted by Crippen LogP contribution is -2.12. The minimum atomic E-state index is -0.226. The van der Waals surface area contributed by atoms with E-state index in [2.05, 4.69) is 42.0 Å². The second-order valence-electron chi connectivity index (χ2n) is 4.87. The van der Waals surface area contributed by atoms with Crippen LogP contribution in [-0.2, 0) is 0 Å². The third-order valence-corrected chi connectivity index (χ3v) is 2.73. The zero-order valence-corrected chi connectivity index (χ0v) is 11.0. The minimum Gasteiger partial charge on any atom is -0.385 e. The molecule has 1 aromatic rings. The van der Waals surface area contributed by atoms with Crippen LogP contribution < -0.4 is 5.32 Å². The summed E-state index contributed by atoms with van der Waals surface area (Å²) in [6, 6.07) is 4.98. The number of nitrogens with one attached hydrogen (secondary N) is 1. The van der Waals surface area contributed by atoms with E-state index in [1.165, 1.54) is 6.07 Å². The smallest absolute Gasteiger partial charge is 0.137 e. The molecule has 0 atom stereocenters. The second kappa shape index (κ2) is 4.97. The lowest BCUT2D eigenvalue weighted by molar-refractivity contribution is 0.390. The average molecular weight is 274 g/mol. The van der Waals surface area contributed by atoms with E-state index in [0.717, 1.165) is 18.7 Å². The summed E-state index contributed by atoms with van der Waals surface area (Å²) in [5, 5.41) is 3.27. The zero-order valence-electron chi connectivity index (χ0n) is 9.40. The Kier molecular flexibility index (Phi) is 4.14. The molecule has 84 valence electrons. The number of hydrogen-bond acceptors (Lipinski definition) is 1. The Hall–Kier alpha value is -0.570. The fourth-order valence-electron chi connectivity index (χ4n) is 1.19. The van der Waals surface area contributed by atoms with Crippen LogP contribution in [0.15, 0.2) is 22.7 Å². The quantitative estimate of drug-likeness (QED) is 0.859. The van der Waals surface area contributed by atoms with Gasteiger partial charge in [0, 0.05) is 12.2 Å². The maximum atomic E-state index is 12.9. The molecule has 1 N–H and O–H groups in total. The Morgan fingerprint density at radius 2 is 2.00 bits per heavy atom. The van der Waals surface area contributed by atoms with Gasteiger partial charge >= 0.3 is 0 Å². The molecule has 0 bridgehead atoms. The SMILES string of the molecule is CC(C)(C)CCNc1ccc(F)c(Br)c1. The first-order chi connectivity index (χ1) is 6.88. The predicted octanol–water partition coefficient (Wildman–Crippen LogP) is 4.44. The molecule has 15 heavy (non-hydrogen) atoms. The van der Waals surface area contributed by atoms with Crippen molar-refractivity contribution in [1.29, 1.82) is 0 Å². The lowest BCUT2D eigenvalue weighted by atomic mass is 9.92. The van der Waals surface area contributed by atoms with Crippen LogP contribution >= 0.6 is 15.9 Å². The molecule has 0 aromatic heterocycles. The fraction of sp³-hybridized carbons (Fsp3) is 0.500. The highest BCUT2D eigenvalue weighted by molar-refractivity contribution is 9.10. The van der Waals surface area contributed by atoms with E-state index in [0.29, 0.717) is 9.89 Å². The highest BCUT2D eigenvalue weighted by atomic mass is 79.9. The van der Waals surface area contributed by atoms with Crippen molar-refractivity contribution in [3.8, 4) is 0 Å². The van der Waals surface area contributed by atoms with E-state index in [-0.39, 0.29) is 5.82 Å². The van der Waals surface area contributed by atoms with Gasteiger partial charge < -0.3 is 5.32 Å². The molecule has 0 saturated carbocycles. The van der Waals surface area contributed by atoms with Crippen molar-refractivity contribution in [3.05, 3.63) is 28.5 Å². The molecule has 3 heteroatoms. The van der Waals surface area contributed by atoms with E-state index in [9.17, 15) is 4.39 Å². The van der Waals surface area contributed by atoms with Gasteiger partial charge in [0.2, 0.25) is 0 Å². The van der Waals surface area contributed by atoms with Gasteiger partial charge in [0.05, 0.1) is 4.47 Å². The zero-order chi connectivity index (χ0) is 11.5. The standard InChI is InChI=1S/C12H17BrFN/c1-12(2,3)6-7-15-9-4-5-11(14)10(13)8-9/h4-5,8,15H,6-7H2,1-3H3. The summed E-state index contributed by atoms with van der Waals surface area (Å²) < 4.78 is 13.4. The van der Waals surface area contributed by atoms with Crippen molar-refractivity contribution in [1.82, 2.24) is 0 Å². The van der Waals surface area contributed by atoms with Crippen molar-refractivity contribution < 1.29 is 4.39 Å². The van der Waals surface area contributed by atoms with Crippen LogP contribution in [-0.4, -0.2) is 6.54 Å². The first-order valence-corrected chi connectivity index (χ1v) is 5.87. The van der Waals surface area contributed by atoms with Crippen LogP contribution in [0.5, 0.6) is 0 Å². The van der Waals surface area contributed by atoms with Crippen molar-refractivity contribution in [2.45, 2.75) is 27.2 Å². The molecule has 0 unspecified atom stereocenters. The first-order valence-electron chi connectivity index (χ1n) is 5.07. The van der Waals surface area contributed by atoms with E-state index < -0.39 is 0 Å². The summed E-state index contributed by atoms with van der Waals surface area (Å²) in [6.45, 7) is 7.52. The molecule has 0 amide bonds. The van der Waals surface area contributed by atoms with Crippen molar-refractivity contribution >= 4 is 21.6 Å².